The number of nitrogens with zero attached hydrogens (tertiary/aromatic N) is 2. The average molecular weight is 299 g/mol. The average Bonchev–Trinajstić information content (AvgIpc) is 2.46. The molecule has 0 atom stereocenters. The molecule has 1 heterocycles. The third kappa shape index (κ3) is 3.05. The van der Waals surface area contributed by atoms with Crippen LogP contribution in [0.5, 0.6) is 5.75 Å². The predicted molar refractivity (Wildman–Crippen MR) is 79.4 cm³/mol. The first-order valence-corrected chi connectivity index (χ1v) is 8.06. The van der Waals surface area contributed by atoms with Crippen molar-refractivity contribution in [3.05, 3.63) is 24.3 Å². The van der Waals surface area contributed by atoms with Gasteiger partial charge in [-0.05, 0) is 37.7 Å². The second-order valence-electron chi connectivity index (χ2n) is 4.63. The summed E-state index contributed by atoms with van der Waals surface area (Å²) in [7, 11) is -0.0167. The van der Waals surface area contributed by atoms with Gasteiger partial charge in [-0.1, -0.05) is 0 Å². The molecule has 6 nitrogen and oxygen atoms in total. The van der Waals surface area contributed by atoms with Crippen LogP contribution in [0.25, 0.3) is 0 Å². The first-order chi connectivity index (χ1) is 9.59. The van der Waals surface area contributed by atoms with Crippen molar-refractivity contribution in [1.29, 1.82) is 0 Å². The maximum atomic E-state index is 12.6. The predicted octanol–water partition coefficient (Wildman–Crippen LogP) is 0.671. The van der Waals surface area contributed by atoms with E-state index in [9.17, 15) is 8.42 Å². The third-order valence-corrected chi connectivity index (χ3v) is 5.31. The normalized spacial score (nSPS) is 19.0. The van der Waals surface area contributed by atoms with Crippen LogP contribution in [0.2, 0.25) is 0 Å². The van der Waals surface area contributed by atoms with Crippen LogP contribution in [-0.2, 0) is 10.2 Å². The molecule has 1 saturated heterocycles. The van der Waals surface area contributed by atoms with Crippen LogP contribution in [0.1, 0.15) is 6.42 Å². The van der Waals surface area contributed by atoms with Crippen molar-refractivity contribution < 1.29 is 13.2 Å². The molecule has 0 saturated carbocycles. The molecule has 0 radical (unpaired) electrons. The summed E-state index contributed by atoms with van der Waals surface area (Å²) >= 11 is 0. The van der Waals surface area contributed by atoms with Crippen molar-refractivity contribution in [2.45, 2.75) is 6.42 Å². The second kappa shape index (κ2) is 6.43. The molecule has 2 rings (SSSR count). The van der Waals surface area contributed by atoms with Gasteiger partial charge in [0.2, 0.25) is 0 Å². The van der Waals surface area contributed by atoms with E-state index in [4.69, 9.17) is 4.74 Å². The number of rotatable bonds is 5. The lowest BCUT2D eigenvalue weighted by molar-refractivity contribution is 0.385. The first kappa shape index (κ1) is 15.1. The highest BCUT2D eigenvalue weighted by Gasteiger charge is 2.33. The zero-order chi connectivity index (χ0) is 14.6. The van der Waals surface area contributed by atoms with Gasteiger partial charge in [0.25, 0.3) is 0 Å². The molecule has 0 spiro atoms. The lowest BCUT2D eigenvalue weighted by Gasteiger charge is -2.35. The van der Waals surface area contributed by atoms with Gasteiger partial charge >= 0.3 is 10.2 Å². The lowest BCUT2D eigenvalue weighted by atomic mass is 10.3. The summed E-state index contributed by atoms with van der Waals surface area (Å²) in [5.74, 6) is 0.718. The van der Waals surface area contributed by atoms with Gasteiger partial charge in [0, 0.05) is 26.2 Å². The molecule has 0 bridgehead atoms. The summed E-state index contributed by atoms with van der Waals surface area (Å²) in [6.45, 7) is 2.24. The van der Waals surface area contributed by atoms with Crippen LogP contribution in [0.4, 0.5) is 5.69 Å². The Hall–Kier alpha value is -1.31. The molecule has 1 aliphatic heterocycles. The minimum Gasteiger partial charge on any atom is -0.497 e. The number of nitrogens with one attached hydrogen (secondary N) is 1. The number of ether oxygens (including phenoxy) is 1. The summed E-state index contributed by atoms with van der Waals surface area (Å²) in [5.41, 5.74) is 0.681. The molecule has 1 aliphatic rings. The molecule has 0 aliphatic carbocycles. The van der Waals surface area contributed by atoms with Crippen LogP contribution in [0.15, 0.2) is 24.3 Å². The Labute approximate surface area is 120 Å². The zero-order valence-electron chi connectivity index (χ0n) is 11.9. The van der Waals surface area contributed by atoms with Crippen LogP contribution >= 0.6 is 0 Å². The second-order valence-corrected chi connectivity index (χ2v) is 6.49. The standard InChI is InChI=1S/C13H21N3O3S/c1-14-8-11-15-9-3-10-16(20(15,17)18)12-4-6-13(19-2)7-5-12/h4-7,14H,3,8-11H2,1-2H3. The summed E-state index contributed by atoms with van der Waals surface area (Å²) in [6.07, 6.45) is 0.828. The molecular weight excluding hydrogens is 278 g/mol. The van der Waals surface area contributed by atoms with E-state index < -0.39 is 10.2 Å². The molecule has 112 valence electrons. The van der Waals surface area contributed by atoms with Gasteiger partial charge in [0.05, 0.1) is 12.8 Å². The summed E-state index contributed by atoms with van der Waals surface area (Å²) < 4.78 is 33.2. The quantitative estimate of drug-likeness (QED) is 0.868. The Morgan fingerprint density at radius 1 is 1.25 bits per heavy atom. The highest BCUT2D eigenvalue weighted by molar-refractivity contribution is 7.90. The van der Waals surface area contributed by atoms with Gasteiger partial charge < -0.3 is 10.1 Å². The molecule has 0 unspecified atom stereocenters. The Bertz CT molecular complexity index is 530. The Morgan fingerprint density at radius 2 is 1.95 bits per heavy atom. The molecule has 1 aromatic carbocycles. The number of methoxy groups -OCH3 is 1. The fourth-order valence-corrected chi connectivity index (χ4v) is 3.94. The van der Waals surface area contributed by atoms with Gasteiger partial charge in [-0.25, -0.2) is 0 Å². The number of likely N-dealkylation sites (N-methyl/N-ethyl adjacent to an activating group) is 1. The van der Waals surface area contributed by atoms with Crippen LogP contribution in [-0.4, -0.2) is 53.1 Å². The number of anilines is 1. The Kier molecular flexibility index (Phi) is 4.85. The van der Waals surface area contributed by atoms with Crippen molar-refractivity contribution in [2.75, 3.05) is 44.6 Å². The van der Waals surface area contributed by atoms with Gasteiger partial charge in [-0.3, -0.25) is 4.31 Å². The Morgan fingerprint density at radius 3 is 2.55 bits per heavy atom. The van der Waals surface area contributed by atoms with Crippen LogP contribution in [0.3, 0.4) is 0 Å². The van der Waals surface area contributed by atoms with Crippen molar-refractivity contribution in [3.63, 3.8) is 0 Å². The van der Waals surface area contributed by atoms with Crippen molar-refractivity contribution in [2.24, 2.45) is 0 Å². The highest BCUT2D eigenvalue weighted by atomic mass is 32.2. The topological polar surface area (TPSA) is 61.9 Å². The maximum Gasteiger partial charge on any atom is 0.304 e. The third-order valence-electron chi connectivity index (χ3n) is 3.35. The van der Waals surface area contributed by atoms with E-state index in [0.717, 1.165) is 12.2 Å². The molecule has 1 aromatic rings. The molecule has 7 heteroatoms. The van der Waals surface area contributed by atoms with E-state index in [1.807, 2.05) is 7.05 Å². The van der Waals surface area contributed by atoms with E-state index in [2.05, 4.69) is 5.32 Å². The summed E-state index contributed by atoms with van der Waals surface area (Å²) in [4.78, 5) is 0. The highest BCUT2D eigenvalue weighted by Crippen LogP contribution is 2.26. The monoisotopic (exact) mass is 299 g/mol. The largest absolute Gasteiger partial charge is 0.497 e. The number of hydrogen-bond donors (Lipinski definition) is 1. The lowest BCUT2D eigenvalue weighted by Crippen LogP contribution is -2.51. The fourth-order valence-electron chi connectivity index (χ4n) is 2.24. The SMILES string of the molecule is CNCCN1CCCN(c2ccc(OC)cc2)S1(=O)=O. The molecular formula is C13H21N3O3S. The van der Waals surface area contributed by atoms with Crippen LogP contribution < -0.4 is 14.4 Å². The first-order valence-electron chi connectivity index (χ1n) is 6.66. The molecule has 1 N–H and O–H groups in total. The van der Waals surface area contributed by atoms with Gasteiger partial charge in [-0.15, -0.1) is 0 Å². The van der Waals surface area contributed by atoms with E-state index >= 15 is 0 Å². The van der Waals surface area contributed by atoms with Crippen molar-refractivity contribution in [1.82, 2.24) is 9.62 Å². The summed E-state index contributed by atoms with van der Waals surface area (Å²) in [5, 5.41) is 2.98. The van der Waals surface area contributed by atoms with Gasteiger partial charge in [0.15, 0.2) is 0 Å². The minimum absolute atomic E-state index is 0.492. The van der Waals surface area contributed by atoms with E-state index in [0.29, 0.717) is 31.9 Å². The fraction of sp³-hybridized carbons (Fsp3) is 0.538. The van der Waals surface area contributed by atoms with Gasteiger partial charge in [-0.2, -0.15) is 12.7 Å². The molecule has 0 aromatic heterocycles. The van der Waals surface area contributed by atoms with Crippen LogP contribution in [0, 0.1) is 0 Å². The summed E-state index contributed by atoms with van der Waals surface area (Å²) in [6, 6.07) is 7.10. The number of hydrogen-bond acceptors (Lipinski definition) is 4. The van der Waals surface area contributed by atoms with Crippen molar-refractivity contribution in [3.8, 4) is 5.75 Å². The molecule has 20 heavy (non-hydrogen) atoms. The smallest absolute Gasteiger partial charge is 0.304 e. The van der Waals surface area contributed by atoms with E-state index in [-0.39, 0.29) is 0 Å². The minimum atomic E-state index is -3.42. The Balaban J connectivity index is 2.21. The zero-order valence-corrected chi connectivity index (χ0v) is 12.7. The van der Waals surface area contributed by atoms with Crippen molar-refractivity contribution >= 4 is 15.9 Å². The van der Waals surface area contributed by atoms with E-state index in [1.165, 1.54) is 8.61 Å². The van der Waals surface area contributed by atoms with E-state index in [1.54, 1.807) is 31.4 Å². The molecule has 0 amide bonds. The maximum absolute atomic E-state index is 12.6. The molecule has 1 fully saturated rings. The number of benzene rings is 1. The van der Waals surface area contributed by atoms with Gasteiger partial charge in [0.1, 0.15) is 5.75 Å².